The second-order valence-corrected chi connectivity index (χ2v) is 3.91. The number of thioether (sulfide) groups is 1. The van der Waals surface area contributed by atoms with Crippen LogP contribution in [0.5, 0.6) is 0 Å². The Bertz CT molecular complexity index is 259. The van der Waals surface area contributed by atoms with Crippen LogP contribution in [0.1, 0.15) is 12.2 Å². The van der Waals surface area contributed by atoms with Gasteiger partial charge in [-0.3, -0.25) is 4.79 Å². The van der Waals surface area contributed by atoms with Crippen molar-refractivity contribution < 1.29 is 9.21 Å². The molecule has 14 heavy (non-hydrogen) atoms. The molecule has 78 valence electrons. The van der Waals surface area contributed by atoms with Gasteiger partial charge in [-0.05, 0) is 18.4 Å². The van der Waals surface area contributed by atoms with Crippen molar-refractivity contribution in [1.29, 1.82) is 0 Å². The van der Waals surface area contributed by atoms with E-state index in [-0.39, 0.29) is 5.91 Å². The summed E-state index contributed by atoms with van der Waals surface area (Å²) in [5.74, 6) is 1.92. The molecule has 0 aliphatic carbocycles. The predicted molar refractivity (Wildman–Crippen MR) is 58.4 cm³/mol. The maximum absolute atomic E-state index is 11.3. The summed E-state index contributed by atoms with van der Waals surface area (Å²) in [6, 6.07) is 3.72. The third-order valence-corrected chi connectivity index (χ3v) is 2.42. The number of carbonyl (C=O) groups is 1. The second-order valence-electron chi connectivity index (χ2n) is 2.92. The van der Waals surface area contributed by atoms with Crippen molar-refractivity contribution >= 4 is 17.7 Å². The van der Waals surface area contributed by atoms with Gasteiger partial charge in [-0.1, -0.05) is 0 Å². The summed E-state index contributed by atoms with van der Waals surface area (Å²) in [5, 5.41) is 2.84. The molecule has 0 saturated heterocycles. The smallest absolute Gasteiger partial charge is 0.220 e. The van der Waals surface area contributed by atoms with Gasteiger partial charge < -0.3 is 9.73 Å². The van der Waals surface area contributed by atoms with Crippen LogP contribution in [-0.2, 0) is 11.2 Å². The largest absolute Gasteiger partial charge is 0.469 e. The maximum atomic E-state index is 11.3. The van der Waals surface area contributed by atoms with Gasteiger partial charge in [0.2, 0.25) is 5.91 Å². The first-order valence-corrected chi connectivity index (χ1v) is 6.00. The van der Waals surface area contributed by atoms with Gasteiger partial charge in [0.05, 0.1) is 6.26 Å². The topological polar surface area (TPSA) is 42.2 Å². The summed E-state index contributed by atoms with van der Waals surface area (Å²) >= 11 is 1.73. The summed E-state index contributed by atoms with van der Waals surface area (Å²) in [5.41, 5.74) is 0. The molecule has 0 unspecified atom stereocenters. The van der Waals surface area contributed by atoms with E-state index in [1.165, 1.54) is 0 Å². The summed E-state index contributed by atoms with van der Waals surface area (Å²) in [7, 11) is 0. The lowest BCUT2D eigenvalue weighted by Crippen LogP contribution is -2.25. The molecule has 0 bridgehead atoms. The van der Waals surface area contributed by atoms with E-state index in [1.807, 2.05) is 18.4 Å². The molecule has 0 aliphatic rings. The number of hydrogen-bond acceptors (Lipinski definition) is 3. The van der Waals surface area contributed by atoms with E-state index >= 15 is 0 Å². The number of nitrogens with one attached hydrogen (secondary N) is 1. The Morgan fingerprint density at radius 2 is 2.50 bits per heavy atom. The van der Waals surface area contributed by atoms with Crippen molar-refractivity contribution in [2.45, 2.75) is 12.8 Å². The highest BCUT2D eigenvalue weighted by atomic mass is 32.2. The minimum absolute atomic E-state index is 0.0930. The van der Waals surface area contributed by atoms with Gasteiger partial charge in [0.25, 0.3) is 0 Å². The van der Waals surface area contributed by atoms with Gasteiger partial charge in [0.15, 0.2) is 0 Å². The van der Waals surface area contributed by atoms with Crippen molar-refractivity contribution in [2.24, 2.45) is 0 Å². The van der Waals surface area contributed by atoms with E-state index < -0.39 is 0 Å². The standard InChI is InChI=1S/C10H15NO2S/c1-14-8-6-11-10(12)5-4-9-3-2-7-13-9/h2-3,7H,4-6,8H2,1H3,(H,11,12). The Kier molecular flexibility index (Phi) is 5.22. The Morgan fingerprint density at radius 1 is 1.64 bits per heavy atom. The van der Waals surface area contributed by atoms with Crippen LogP contribution in [0.25, 0.3) is 0 Å². The van der Waals surface area contributed by atoms with E-state index in [1.54, 1.807) is 18.0 Å². The highest BCUT2D eigenvalue weighted by Gasteiger charge is 2.02. The van der Waals surface area contributed by atoms with Crippen LogP contribution in [0.4, 0.5) is 0 Å². The van der Waals surface area contributed by atoms with E-state index in [9.17, 15) is 4.79 Å². The average molecular weight is 213 g/mol. The first-order chi connectivity index (χ1) is 6.83. The lowest BCUT2D eigenvalue weighted by molar-refractivity contribution is -0.121. The van der Waals surface area contributed by atoms with Gasteiger partial charge in [0.1, 0.15) is 5.76 Å². The van der Waals surface area contributed by atoms with Gasteiger partial charge in [0, 0.05) is 25.1 Å². The number of rotatable bonds is 6. The molecule has 1 N–H and O–H groups in total. The molecule has 1 rings (SSSR count). The molecule has 0 aliphatic heterocycles. The van der Waals surface area contributed by atoms with Crippen LogP contribution in [0.2, 0.25) is 0 Å². The van der Waals surface area contributed by atoms with Crippen molar-refractivity contribution in [1.82, 2.24) is 5.32 Å². The molecule has 0 radical (unpaired) electrons. The normalized spacial score (nSPS) is 10.1. The molecule has 4 heteroatoms. The quantitative estimate of drug-likeness (QED) is 0.731. The molecule has 1 amide bonds. The molecule has 1 heterocycles. The van der Waals surface area contributed by atoms with Crippen LogP contribution < -0.4 is 5.32 Å². The zero-order valence-corrected chi connectivity index (χ0v) is 9.10. The highest BCUT2D eigenvalue weighted by Crippen LogP contribution is 2.03. The van der Waals surface area contributed by atoms with Gasteiger partial charge >= 0.3 is 0 Å². The Balaban J connectivity index is 2.09. The zero-order valence-electron chi connectivity index (χ0n) is 8.29. The summed E-state index contributed by atoms with van der Waals surface area (Å²) < 4.78 is 5.13. The third-order valence-electron chi connectivity index (χ3n) is 1.81. The molecule has 0 saturated carbocycles. The second kappa shape index (κ2) is 6.54. The molecule has 0 fully saturated rings. The van der Waals surface area contributed by atoms with Crippen LogP contribution in [0.3, 0.4) is 0 Å². The number of hydrogen-bond donors (Lipinski definition) is 1. The lowest BCUT2D eigenvalue weighted by atomic mass is 10.2. The minimum Gasteiger partial charge on any atom is -0.469 e. The number of carbonyl (C=O) groups excluding carboxylic acids is 1. The van der Waals surface area contributed by atoms with Gasteiger partial charge in [-0.25, -0.2) is 0 Å². The Morgan fingerprint density at radius 3 is 3.14 bits per heavy atom. The molecule has 3 nitrogen and oxygen atoms in total. The van der Waals surface area contributed by atoms with Crippen LogP contribution in [0, 0.1) is 0 Å². The molecule has 1 aromatic rings. The fourth-order valence-corrected chi connectivity index (χ4v) is 1.38. The molecule has 0 spiro atoms. The molecular weight excluding hydrogens is 198 g/mol. The summed E-state index contributed by atoms with van der Waals surface area (Å²) in [4.78, 5) is 11.3. The number of aryl methyl sites for hydroxylation is 1. The van der Waals surface area contributed by atoms with Crippen molar-refractivity contribution in [3.05, 3.63) is 24.2 Å². The summed E-state index contributed by atoms with van der Waals surface area (Å²) in [6.07, 6.45) is 4.83. The van der Waals surface area contributed by atoms with Crippen LogP contribution >= 0.6 is 11.8 Å². The van der Waals surface area contributed by atoms with Crippen molar-refractivity contribution in [3.8, 4) is 0 Å². The van der Waals surface area contributed by atoms with E-state index in [4.69, 9.17) is 4.42 Å². The molecule has 0 atom stereocenters. The minimum atomic E-state index is 0.0930. The van der Waals surface area contributed by atoms with Gasteiger partial charge in [-0.15, -0.1) is 0 Å². The lowest BCUT2D eigenvalue weighted by Gasteiger charge is -2.02. The number of amides is 1. The molecule has 0 aromatic carbocycles. The Hall–Kier alpha value is -0.900. The van der Waals surface area contributed by atoms with E-state index in [0.29, 0.717) is 12.8 Å². The third kappa shape index (κ3) is 4.37. The first-order valence-electron chi connectivity index (χ1n) is 4.61. The summed E-state index contributed by atoms with van der Waals surface area (Å²) in [6.45, 7) is 0.748. The predicted octanol–water partition coefficient (Wildman–Crippen LogP) is 1.69. The number of furan rings is 1. The average Bonchev–Trinajstić information content (AvgIpc) is 2.68. The monoisotopic (exact) mass is 213 g/mol. The molecule has 1 aromatic heterocycles. The zero-order chi connectivity index (χ0) is 10.2. The van der Waals surface area contributed by atoms with E-state index in [2.05, 4.69) is 5.32 Å². The highest BCUT2D eigenvalue weighted by molar-refractivity contribution is 7.98. The fourth-order valence-electron chi connectivity index (χ4n) is 1.07. The van der Waals surface area contributed by atoms with Crippen molar-refractivity contribution in [2.75, 3.05) is 18.6 Å². The molecular formula is C10H15NO2S. The van der Waals surface area contributed by atoms with Crippen molar-refractivity contribution in [3.63, 3.8) is 0 Å². The van der Waals surface area contributed by atoms with Crippen LogP contribution in [-0.4, -0.2) is 24.5 Å². The fraction of sp³-hybridized carbons (Fsp3) is 0.500. The van der Waals surface area contributed by atoms with E-state index in [0.717, 1.165) is 18.1 Å². The van der Waals surface area contributed by atoms with Gasteiger partial charge in [-0.2, -0.15) is 11.8 Å². The van der Waals surface area contributed by atoms with Crippen LogP contribution in [0.15, 0.2) is 22.8 Å². The Labute approximate surface area is 88.2 Å². The maximum Gasteiger partial charge on any atom is 0.220 e. The first kappa shape index (κ1) is 11.2. The SMILES string of the molecule is CSCCNC(=O)CCc1ccco1.